The first kappa shape index (κ1) is 26.4. The predicted octanol–water partition coefficient (Wildman–Crippen LogP) is 5.20. The molecule has 1 saturated heterocycles. The number of pyridine rings is 1. The molecular formula is C32H24N4O4S2. The second-order valence-corrected chi connectivity index (χ2v) is 12.5. The molecule has 5 aromatic rings. The zero-order valence-corrected chi connectivity index (χ0v) is 24.0. The summed E-state index contributed by atoms with van der Waals surface area (Å²) >= 11 is 2.22. The van der Waals surface area contributed by atoms with Crippen molar-refractivity contribution in [1.29, 1.82) is 0 Å². The lowest BCUT2D eigenvalue weighted by Gasteiger charge is -2.30. The number of carbonyl (C=O) groups excluding carboxylic acids is 3. The van der Waals surface area contributed by atoms with Crippen molar-refractivity contribution < 1.29 is 14.4 Å². The van der Waals surface area contributed by atoms with E-state index in [-0.39, 0.29) is 29.1 Å². The molecule has 2 aliphatic rings. The minimum atomic E-state index is -0.750. The standard InChI is InChI=1S/C32H24N4O4S2/c1-18-8-12-23(13-9-18)36-29(38)26-25(21-7-4-14-33-16-21)28-31(41-27(26)30(36)39)35(32(40)42-28)17-24(37)34-22-11-10-19-5-2-3-6-20(19)15-22/h2-16,25-27H,17H2,1H3,(H,34,37)/t25-,26-,27+/m0/s1. The number of nitrogens with zero attached hydrogens (tertiary/aromatic N) is 3. The quantitative estimate of drug-likeness (QED) is 0.282. The molecule has 42 heavy (non-hydrogen) atoms. The van der Waals surface area contributed by atoms with Crippen LogP contribution in [0.5, 0.6) is 0 Å². The van der Waals surface area contributed by atoms with Crippen LogP contribution in [0, 0.1) is 12.8 Å². The molecule has 2 aromatic heterocycles. The Kier molecular flexibility index (Phi) is 6.52. The molecule has 3 atom stereocenters. The number of imide groups is 1. The van der Waals surface area contributed by atoms with Gasteiger partial charge in [-0.3, -0.25) is 28.7 Å². The number of hydrogen-bond donors (Lipinski definition) is 1. The molecule has 208 valence electrons. The maximum atomic E-state index is 13.9. The highest BCUT2D eigenvalue weighted by Gasteiger charge is 2.56. The van der Waals surface area contributed by atoms with Crippen molar-refractivity contribution >= 4 is 63.0 Å². The Morgan fingerprint density at radius 2 is 1.71 bits per heavy atom. The molecule has 0 spiro atoms. The summed E-state index contributed by atoms with van der Waals surface area (Å²) in [5.74, 6) is -2.25. The Morgan fingerprint density at radius 1 is 0.929 bits per heavy atom. The van der Waals surface area contributed by atoms with Gasteiger partial charge in [0.05, 0.1) is 16.6 Å². The molecule has 3 aromatic carbocycles. The monoisotopic (exact) mass is 592 g/mol. The predicted molar refractivity (Wildman–Crippen MR) is 164 cm³/mol. The van der Waals surface area contributed by atoms with E-state index in [1.165, 1.54) is 21.2 Å². The second-order valence-electron chi connectivity index (χ2n) is 10.4. The van der Waals surface area contributed by atoms with Crippen LogP contribution in [0.1, 0.15) is 21.9 Å². The molecule has 8 nitrogen and oxygen atoms in total. The highest BCUT2D eigenvalue weighted by atomic mass is 32.2. The van der Waals surface area contributed by atoms with E-state index in [0.717, 1.165) is 33.2 Å². The first-order valence-corrected chi connectivity index (χ1v) is 15.1. The first-order chi connectivity index (χ1) is 20.4. The van der Waals surface area contributed by atoms with Crippen LogP contribution >= 0.6 is 23.1 Å². The van der Waals surface area contributed by atoms with E-state index < -0.39 is 17.1 Å². The molecule has 7 rings (SSSR count). The normalized spacial score (nSPS) is 19.5. The zero-order valence-electron chi connectivity index (χ0n) is 22.4. The summed E-state index contributed by atoms with van der Waals surface area (Å²) in [6, 6.07) is 24.4. The topological polar surface area (TPSA) is 101 Å². The fourth-order valence-corrected chi connectivity index (χ4v) is 8.51. The number of benzene rings is 3. The van der Waals surface area contributed by atoms with Crippen LogP contribution in [-0.4, -0.2) is 32.5 Å². The SMILES string of the molecule is Cc1ccc(N2C(=O)[C@H]3[C@H](c4cccnc4)c4sc(=O)n(CC(=O)Nc5ccc6ccccc6c5)c4S[C@H]3C2=O)cc1. The average Bonchev–Trinajstić information content (AvgIpc) is 3.44. The van der Waals surface area contributed by atoms with Crippen molar-refractivity contribution in [2.45, 2.75) is 29.7 Å². The molecule has 2 aliphatic heterocycles. The van der Waals surface area contributed by atoms with Gasteiger partial charge in [-0.2, -0.15) is 0 Å². The van der Waals surface area contributed by atoms with Gasteiger partial charge >= 0.3 is 4.87 Å². The largest absolute Gasteiger partial charge is 0.325 e. The van der Waals surface area contributed by atoms with Gasteiger partial charge in [0, 0.05) is 28.9 Å². The Balaban J connectivity index is 1.25. The van der Waals surface area contributed by atoms with Crippen LogP contribution in [-0.2, 0) is 20.9 Å². The lowest BCUT2D eigenvalue weighted by atomic mass is 9.84. The average molecular weight is 593 g/mol. The van der Waals surface area contributed by atoms with Gasteiger partial charge in [-0.1, -0.05) is 77.2 Å². The third-order valence-electron chi connectivity index (χ3n) is 7.72. The fraction of sp³-hybridized carbons (Fsp3) is 0.156. The summed E-state index contributed by atoms with van der Waals surface area (Å²) < 4.78 is 1.42. The fourth-order valence-electron chi connectivity index (χ4n) is 5.73. The van der Waals surface area contributed by atoms with Crippen molar-refractivity contribution in [2.75, 3.05) is 10.2 Å². The van der Waals surface area contributed by atoms with E-state index in [2.05, 4.69) is 10.3 Å². The number of aryl methyl sites for hydroxylation is 1. The van der Waals surface area contributed by atoms with Gasteiger partial charge in [-0.15, -0.1) is 0 Å². The van der Waals surface area contributed by atoms with Crippen LogP contribution in [0.2, 0.25) is 0 Å². The molecule has 3 amide bonds. The lowest BCUT2D eigenvalue weighted by Crippen LogP contribution is -2.33. The molecule has 0 aliphatic carbocycles. The minimum absolute atomic E-state index is 0.217. The van der Waals surface area contributed by atoms with Gasteiger partial charge in [-0.25, -0.2) is 4.90 Å². The Bertz CT molecular complexity index is 1930. The van der Waals surface area contributed by atoms with Crippen LogP contribution in [0.15, 0.2) is 101 Å². The summed E-state index contributed by atoms with van der Waals surface area (Å²) in [5.41, 5.74) is 2.91. The van der Waals surface area contributed by atoms with Crippen molar-refractivity contribution in [3.05, 3.63) is 117 Å². The number of thioether (sulfide) groups is 1. The maximum absolute atomic E-state index is 13.9. The van der Waals surface area contributed by atoms with E-state index in [9.17, 15) is 19.2 Å². The highest BCUT2D eigenvalue weighted by molar-refractivity contribution is 8.00. The van der Waals surface area contributed by atoms with Crippen molar-refractivity contribution in [1.82, 2.24) is 9.55 Å². The van der Waals surface area contributed by atoms with Gasteiger partial charge in [0.1, 0.15) is 11.8 Å². The second kappa shape index (κ2) is 10.4. The van der Waals surface area contributed by atoms with E-state index in [1.54, 1.807) is 30.6 Å². The number of aromatic nitrogens is 2. The highest BCUT2D eigenvalue weighted by Crippen LogP contribution is 2.53. The van der Waals surface area contributed by atoms with E-state index >= 15 is 0 Å². The Hall–Kier alpha value is -4.54. The molecule has 0 unspecified atom stereocenters. The third kappa shape index (κ3) is 4.43. The van der Waals surface area contributed by atoms with Crippen molar-refractivity contribution in [3.8, 4) is 0 Å². The van der Waals surface area contributed by atoms with Gasteiger partial charge < -0.3 is 5.32 Å². The number of hydrogen-bond acceptors (Lipinski definition) is 7. The molecular weight excluding hydrogens is 569 g/mol. The molecule has 0 radical (unpaired) electrons. The summed E-state index contributed by atoms with van der Waals surface area (Å²) in [6.45, 7) is 1.73. The van der Waals surface area contributed by atoms with Gasteiger partial charge in [0.2, 0.25) is 17.7 Å². The number of fused-ring (bicyclic) bond motifs is 3. The van der Waals surface area contributed by atoms with Crippen LogP contribution in [0.25, 0.3) is 10.8 Å². The molecule has 1 fully saturated rings. The van der Waals surface area contributed by atoms with E-state index in [0.29, 0.717) is 21.3 Å². The Morgan fingerprint density at radius 3 is 2.48 bits per heavy atom. The summed E-state index contributed by atoms with van der Waals surface area (Å²) in [4.78, 5) is 60.2. The molecule has 10 heteroatoms. The van der Waals surface area contributed by atoms with E-state index in [1.807, 2.05) is 67.6 Å². The van der Waals surface area contributed by atoms with Crippen LogP contribution in [0.3, 0.4) is 0 Å². The van der Waals surface area contributed by atoms with Gasteiger partial charge in [0.15, 0.2) is 0 Å². The minimum Gasteiger partial charge on any atom is -0.325 e. The maximum Gasteiger partial charge on any atom is 0.308 e. The number of nitrogens with one attached hydrogen (secondary N) is 1. The number of rotatable bonds is 5. The number of anilines is 2. The van der Waals surface area contributed by atoms with Crippen molar-refractivity contribution in [3.63, 3.8) is 0 Å². The first-order valence-electron chi connectivity index (χ1n) is 13.4. The summed E-state index contributed by atoms with van der Waals surface area (Å²) in [7, 11) is 0. The van der Waals surface area contributed by atoms with Crippen LogP contribution < -0.4 is 15.1 Å². The molecule has 0 saturated carbocycles. The summed E-state index contributed by atoms with van der Waals surface area (Å²) in [6.07, 6.45) is 3.32. The van der Waals surface area contributed by atoms with E-state index in [4.69, 9.17) is 0 Å². The number of thiazole rings is 1. The van der Waals surface area contributed by atoms with Gasteiger partial charge in [-0.05, 0) is 53.6 Å². The van der Waals surface area contributed by atoms with Crippen molar-refractivity contribution in [2.24, 2.45) is 5.92 Å². The number of amides is 3. The van der Waals surface area contributed by atoms with Gasteiger partial charge in [0.25, 0.3) is 0 Å². The number of carbonyl (C=O) groups is 3. The molecule has 1 N–H and O–H groups in total. The summed E-state index contributed by atoms with van der Waals surface area (Å²) in [5, 5.41) is 4.74. The molecule has 0 bridgehead atoms. The van der Waals surface area contributed by atoms with Crippen LogP contribution in [0.4, 0.5) is 11.4 Å². The molecule has 4 heterocycles. The smallest absolute Gasteiger partial charge is 0.308 e. The Labute approximate surface area is 249 Å². The third-order valence-corrected chi connectivity index (χ3v) is 10.3. The zero-order chi connectivity index (χ0) is 29.0. The lowest BCUT2D eigenvalue weighted by molar-refractivity contribution is -0.122.